The van der Waals surface area contributed by atoms with Gasteiger partial charge in [0.1, 0.15) is 6.54 Å². The molecular formula is C20H15ClN2O6S. The van der Waals surface area contributed by atoms with Crippen molar-refractivity contribution in [3.63, 3.8) is 0 Å². The number of fused-ring (bicyclic) bond motifs is 1. The molecule has 10 heteroatoms. The van der Waals surface area contributed by atoms with Crippen LogP contribution >= 0.6 is 23.4 Å². The van der Waals surface area contributed by atoms with E-state index in [1.54, 1.807) is 42.5 Å². The lowest BCUT2D eigenvalue weighted by Gasteiger charge is -2.13. The third-order valence-corrected chi connectivity index (χ3v) is 5.54. The van der Waals surface area contributed by atoms with E-state index >= 15 is 0 Å². The summed E-state index contributed by atoms with van der Waals surface area (Å²) in [6, 6.07) is 10.0. The molecule has 2 aromatic rings. The van der Waals surface area contributed by atoms with E-state index in [4.69, 9.17) is 25.8 Å². The molecule has 3 amide bonds. The molecule has 0 aliphatic carbocycles. The molecular weight excluding hydrogens is 432 g/mol. The second kappa shape index (κ2) is 8.29. The Kier molecular flexibility index (Phi) is 5.56. The molecule has 0 saturated carbocycles. The van der Waals surface area contributed by atoms with E-state index in [1.165, 1.54) is 7.11 Å². The highest BCUT2D eigenvalue weighted by molar-refractivity contribution is 8.18. The molecule has 30 heavy (non-hydrogen) atoms. The number of ether oxygens (including phenoxy) is 3. The Morgan fingerprint density at radius 1 is 1.30 bits per heavy atom. The Labute approximate surface area is 180 Å². The van der Waals surface area contributed by atoms with E-state index in [-0.39, 0.29) is 11.7 Å². The van der Waals surface area contributed by atoms with Crippen molar-refractivity contribution < 1.29 is 28.6 Å². The molecule has 4 rings (SSSR count). The van der Waals surface area contributed by atoms with Gasteiger partial charge in [0.05, 0.1) is 22.7 Å². The molecule has 2 aliphatic heterocycles. The highest BCUT2D eigenvalue weighted by Gasteiger charge is 2.36. The van der Waals surface area contributed by atoms with Crippen LogP contribution in [-0.4, -0.2) is 42.4 Å². The van der Waals surface area contributed by atoms with Crippen LogP contribution in [0.25, 0.3) is 6.08 Å². The van der Waals surface area contributed by atoms with E-state index < -0.39 is 23.6 Å². The fourth-order valence-corrected chi connectivity index (χ4v) is 3.94. The molecule has 1 fully saturated rings. The lowest BCUT2D eigenvalue weighted by molar-refractivity contribution is -0.127. The zero-order valence-corrected chi connectivity index (χ0v) is 17.2. The lowest BCUT2D eigenvalue weighted by atomic mass is 10.1. The van der Waals surface area contributed by atoms with Crippen molar-refractivity contribution in [2.24, 2.45) is 0 Å². The van der Waals surface area contributed by atoms with E-state index in [0.717, 1.165) is 16.7 Å². The average Bonchev–Trinajstić information content (AvgIpc) is 3.29. The highest BCUT2D eigenvalue weighted by atomic mass is 35.5. The second-order valence-corrected chi connectivity index (χ2v) is 7.65. The van der Waals surface area contributed by atoms with Crippen molar-refractivity contribution >= 4 is 52.2 Å². The van der Waals surface area contributed by atoms with Gasteiger partial charge in [0, 0.05) is 0 Å². The minimum Gasteiger partial charge on any atom is -0.493 e. The SMILES string of the molecule is COc1cc(/C=C2/SC(=O)N(CC(=O)Nc3ccccc3Cl)C2=O)cc2c1OCO2. The van der Waals surface area contributed by atoms with Crippen LogP contribution in [0.4, 0.5) is 10.5 Å². The number of imide groups is 1. The van der Waals surface area contributed by atoms with Gasteiger partial charge in [-0.1, -0.05) is 23.7 Å². The number of rotatable bonds is 5. The van der Waals surface area contributed by atoms with Crippen molar-refractivity contribution in [1.82, 2.24) is 4.90 Å². The number of methoxy groups -OCH3 is 1. The van der Waals surface area contributed by atoms with E-state index in [2.05, 4.69) is 5.32 Å². The number of carbonyl (C=O) groups is 3. The second-order valence-electron chi connectivity index (χ2n) is 6.25. The number of hydrogen-bond acceptors (Lipinski definition) is 7. The molecule has 0 spiro atoms. The lowest BCUT2D eigenvalue weighted by Crippen LogP contribution is -2.36. The Hall–Kier alpha value is -3.17. The summed E-state index contributed by atoms with van der Waals surface area (Å²) in [4.78, 5) is 38.4. The average molecular weight is 447 g/mol. The van der Waals surface area contributed by atoms with E-state index in [1.807, 2.05) is 0 Å². The number of hydrogen-bond donors (Lipinski definition) is 1. The zero-order chi connectivity index (χ0) is 21.3. The third-order valence-electron chi connectivity index (χ3n) is 4.30. The van der Waals surface area contributed by atoms with Gasteiger partial charge in [0.15, 0.2) is 11.5 Å². The smallest absolute Gasteiger partial charge is 0.294 e. The summed E-state index contributed by atoms with van der Waals surface area (Å²) >= 11 is 6.77. The van der Waals surface area contributed by atoms with Gasteiger partial charge < -0.3 is 19.5 Å². The van der Waals surface area contributed by atoms with Gasteiger partial charge in [-0.2, -0.15) is 0 Å². The molecule has 1 N–H and O–H groups in total. The number of para-hydroxylation sites is 1. The summed E-state index contributed by atoms with van der Waals surface area (Å²) < 4.78 is 16.0. The quantitative estimate of drug-likeness (QED) is 0.699. The number of halogens is 1. The van der Waals surface area contributed by atoms with Crippen LogP contribution in [0.3, 0.4) is 0 Å². The maximum absolute atomic E-state index is 12.7. The fourth-order valence-electron chi connectivity index (χ4n) is 2.92. The largest absolute Gasteiger partial charge is 0.493 e. The van der Waals surface area contributed by atoms with Gasteiger partial charge >= 0.3 is 0 Å². The summed E-state index contributed by atoms with van der Waals surface area (Å²) in [5.74, 6) is 0.333. The minimum absolute atomic E-state index is 0.0756. The van der Waals surface area contributed by atoms with Gasteiger partial charge in [0.2, 0.25) is 18.4 Å². The summed E-state index contributed by atoms with van der Waals surface area (Å²) in [5.41, 5.74) is 1.00. The van der Waals surface area contributed by atoms with Crippen LogP contribution in [-0.2, 0) is 9.59 Å². The number of benzene rings is 2. The first-order valence-electron chi connectivity index (χ1n) is 8.73. The number of nitrogens with zero attached hydrogens (tertiary/aromatic N) is 1. The highest BCUT2D eigenvalue weighted by Crippen LogP contribution is 2.43. The monoisotopic (exact) mass is 446 g/mol. The first kappa shape index (κ1) is 20.1. The molecule has 2 heterocycles. The van der Waals surface area contributed by atoms with Gasteiger partial charge in [-0.05, 0) is 47.7 Å². The van der Waals surface area contributed by atoms with Crippen LogP contribution in [0.2, 0.25) is 5.02 Å². The van der Waals surface area contributed by atoms with E-state index in [9.17, 15) is 14.4 Å². The maximum atomic E-state index is 12.7. The molecule has 8 nitrogen and oxygen atoms in total. The molecule has 0 unspecified atom stereocenters. The van der Waals surface area contributed by atoms with Crippen LogP contribution in [0, 0.1) is 0 Å². The predicted octanol–water partition coefficient (Wildman–Crippen LogP) is 3.75. The first-order chi connectivity index (χ1) is 14.5. The number of amides is 3. The molecule has 1 saturated heterocycles. The first-order valence-corrected chi connectivity index (χ1v) is 9.93. The van der Waals surface area contributed by atoms with Crippen molar-refractivity contribution in [1.29, 1.82) is 0 Å². The predicted molar refractivity (Wildman–Crippen MR) is 112 cm³/mol. The number of carbonyl (C=O) groups excluding carboxylic acids is 3. The fraction of sp³-hybridized carbons (Fsp3) is 0.150. The summed E-state index contributed by atoms with van der Waals surface area (Å²) in [6.45, 7) is -0.343. The van der Waals surface area contributed by atoms with Crippen molar-refractivity contribution in [3.8, 4) is 17.2 Å². The van der Waals surface area contributed by atoms with Crippen molar-refractivity contribution in [2.45, 2.75) is 0 Å². The minimum atomic E-state index is -0.559. The van der Waals surface area contributed by atoms with Gasteiger partial charge in [-0.25, -0.2) is 0 Å². The third kappa shape index (κ3) is 3.94. The number of thioether (sulfide) groups is 1. The molecule has 154 valence electrons. The summed E-state index contributed by atoms with van der Waals surface area (Å²) in [7, 11) is 1.49. The molecule has 0 bridgehead atoms. The van der Waals surface area contributed by atoms with Crippen molar-refractivity contribution in [3.05, 3.63) is 51.9 Å². The normalized spacial score (nSPS) is 16.3. The molecule has 2 aromatic carbocycles. The summed E-state index contributed by atoms with van der Waals surface area (Å²) in [5, 5.41) is 2.42. The topological polar surface area (TPSA) is 94.2 Å². The number of anilines is 1. The van der Waals surface area contributed by atoms with Gasteiger partial charge in [-0.15, -0.1) is 0 Å². The van der Waals surface area contributed by atoms with Gasteiger partial charge in [0.25, 0.3) is 11.1 Å². The zero-order valence-electron chi connectivity index (χ0n) is 15.6. The van der Waals surface area contributed by atoms with Crippen LogP contribution in [0.1, 0.15) is 5.56 Å². The maximum Gasteiger partial charge on any atom is 0.294 e. The van der Waals surface area contributed by atoms with Crippen molar-refractivity contribution in [2.75, 3.05) is 25.8 Å². The standard InChI is InChI=1S/C20H15ClN2O6S/c1-27-14-6-11(7-15-18(14)29-10-28-15)8-16-19(25)23(20(26)30-16)9-17(24)22-13-5-3-2-4-12(13)21/h2-8H,9-10H2,1H3,(H,22,24)/b16-8+. The Morgan fingerprint density at radius 2 is 2.10 bits per heavy atom. The Bertz CT molecular complexity index is 1090. The summed E-state index contributed by atoms with van der Waals surface area (Å²) in [6.07, 6.45) is 1.54. The van der Waals surface area contributed by atoms with E-state index in [0.29, 0.717) is 33.5 Å². The Morgan fingerprint density at radius 3 is 2.87 bits per heavy atom. The molecule has 0 aromatic heterocycles. The molecule has 0 atom stereocenters. The number of nitrogens with one attached hydrogen (secondary N) is 1. The molecule has 2 aliphatic rings. The van der Waals surface area contributed by atoms with Crippen LogP contribution < -0.4 is 19.5 Å². The molecule has 0 radical (unpaired) electrons. The van der Waals surface area contributed by atoms with Crippen LogP contribution in [0.15, 0.2) is 41.3 Å². The Balaban J connectivity index is 1.50. The van der Waals surface area contributed by atoms with Gasteiger partial charge in [-0.3, -0.25) is 19.3 Å². The van der Waals surface area contributed by atoms with Crippen LogP contribution in [0.5, 0.6) is 17.2 Å².